The van der Waals surface area contributed by atoms with E-state index in [-0.39, 0.29) is 0 Å². The van der Waals surface area contributed by atoms with Crippen LogP contribution in [0.3, 0.4) is 0 Å². The maximum atomic E-state index is 9.14. The highest BCUT2D eigenvalue weighted by molar-refractivity contribution is 5.85. The monoisotopic (exact) mass is 387 g/mol. The van der Waals surface area contributed by atoms with E-state index in [9.17, 15) is 0 Å². The number of fused-ring (bicyclic) bond motifs is 3. The number of benzene rings is 1. The Morgan fingerprint density at radius 1 is 1.03 bits per heavy atom. The van der Waals surface area contributed by atoms with Gasteiger partial charge in [-0.05, 0) is 73.3 Å². The molecule has 0 N–H and O–H groups in total. The Bertz CT molecular complexity index is 1250. The lowest BCUT2D eigenvalue weighted by atomic mass is 9.83. The Labute approximate surface area is 180 Å². The van der Waals surface area contributed by atoms with Crippen LogP contribution in [-0.4, -0.2) is 4.98 Å². The standard InChI is InChI=1S/C27H31N2/c1-17-10-11-22-23(16-24-26(22)18(2)14-19(3)28-24)27(17)25-15-21(12-13-29(25)4)20-8-6-5-7-9-20/h10-15,20H,5-9,16H2,1-4H3/q+1/i2D3,20D. The van der Waals surface area contributed by atoms with E-state index >= 15 is 0 Å². The molecule has 0 aliphatic heterocycles. The van der Waals surface area contributed by atoms with Crippen LogP contribution >= 0.6 is 0 Å². The van der Waals surface area contributed by atoms with Crippen LogP contribution in [0.4, 0.5) is 0 Å². The topological polar surface area (TPSA) is 16.8 Å². The molecule has 1 fully saturated rings. The zero-order chi connectivity index (χ0) is 23.5. The molecule has 2 aromatic heterocycles. The zero-order valence-corrected chi connectivity index (χ0v) is 17.6. The fourth-order valence-electron chi connectivity index (χ4n) is 5.18. The van der Waals surface area contributed by atoms with Gasteiger partial charge in [0, 0.05) is 35.3 Å². The number of rotatable bonds is 2. The maximum absolute atomic E-state index is 9.14. The van der Waals surface area contributed by atoms with Crippen molar-refractivity contribution in [1.29, 1.82) is 0 Å². The minimum Gasteiger partial charge on any atom is -0.257 e. The van der Waals surface area contributed by atoms with Crippen LogP contribution in [0, 0.1) is 20.7 Å². The number of hydrogen-bond acceptors (Lipinski definition) is 1. The van der Waals surface area contributed by atoms with Crippen molar-refractivity contribution in [2.24, 2.45) is 7.05 Å². The summed E-state index contributed by atoms with van der Waals surface area (Å²) in [6.45, 7) is 1.80. The summed E-state index contributed by atoms with van der Waals surface area (Å²) in [7, 11) is 2.05. The van der Waals surface area contributed by atoms with E-state index in [1.165, 1.54) is 6.42 Å². The molecule has 0 bridgehead atoms. The van der Waals surface area contributed by atoms with Gasteiger partial charge in [-0.1, -0.05) is 31.4 Å². The van der Waals surface area contributed by atoms with Gasteiger partial charge in [-0.2, -0.15) is 0 Å². The van der Waals surface area contributed by atoms with Crippen LogP contribution in [0.25, 0.3) is 22.4 Å². The number of aromatic nitrogens is 2. The van der Waals surface area contributed by atoms with Gasteiger partial charge in [0.2, 0.25) is 5.69 Å². The lowest BCUT2D eigenvalue weighted by Crippen LogP contribution is -2.31. The second kappa shape index (κ2) is 7.09. The first-order valence-electron chi connectivity index (χ1n) is 12.7. The zero-order valence-electron chi connectivity index (χ0n) is 21.6. The predicted octanol–water partition coefficient (Wildman–Crippen LogP) is 6.12. The van der Waals surface area contributed by atoms with Crippen molar-refractivity contribution in [2.45, 2.75) is 65.1 Å². The van der Waals surface area contributed by atoms with Crippen molar-refractivity contribution in [3.8, 4) is 22.4 Å². The van der Waals surface area contributed by atoms with Crippen molar-refractivity contribution < 1.29 is 10.1 Å². The number of pyridine rings is 2. The van der Waals surface area contributed by atoms with E-state index in [0.717, 1.165) is 76.1 Å². The van der Waals surface area contributed by atoms with E-state index in [1.54, 1.807) is 6.07 Å². The van der Waals surface area contributed by atoms with E-state index < -0.39 is 12.7 Å². The molecule has 0 unspecified atom stereocenters. The third kappa shape index (κ3) is 3.10. The first-order chi connectivity index (χ1) is 15.6. The smallest absolute Gasteiger partial charge is 0.213 e. The van der Waals surface area contributed by atoms with E-state index in [4.69, 9.17) is 10.5 Å². The summed E-state index contributed by atoms with van der Waals surface area (Å²) < 4.78 is 35.6. The van der Waals surface area contributed by atoms with Gasteiger partial charge in [0.25, 0.3) is 0 Å². The van der Waals surface area contributed by atoms with Crippen LogP contribution in [0.5, 0.6) is 0 Å². The molecule has 2 aliphatic carbocycles. The average molecular weight is 388 g/mol. The Morgan fingerprint density at radius 3 is 2.66 bits per heavy atom. The van der Waals surface area contributed by atoms with Crippen LogP contribution in [0.1, 0.15) is 77.1 Å². The van der Waals surface area contributed by atoms with Crippen molar-refractivity contribution in [3.63, 3.8) is 0 Å². The molecule has 5 rings (SSSR count). The van der Waals surface area contributed by atoms with Crippen molar-refractivity contribution >= 4 is 0 Å². The predicted molar refractivity (Wildman–Crippen MR) is 119 cm³/mol. The number of nitrogens with zero attached hydrogens (tertiary/aromatic N) is 2. The summed E-state index contributed by atoms with van der Waals surface area (Å²) >= 11 is 0. The molecule has 1 saturated carbocycles. The molecule has 0 amide bonds. The number of hydrogen-bond donors (Lipinski definition) is 0. The van der Waals surface area contributed by atoms with E-state index in [1.807, 2.05) is 14.0 Å². The second-order valence-corrected chi connectivity index (χ2v) is 8.67. The van der Waals surface area contributed by atoms with Gasteiger partial charge in [-0.25, -0.2) is 4.57 Å². The third-order valence-corrected chi connectivity index (χ3v) is 6.63. The van der Waals surface area contributed by atoms with Gasteiger partial charge in [0.15, 0.2) is 6.20 Å². The molecule has 2 aliphatic rings. The molecular weight excluding hydrogens is 352 g/mol. The molecule has 2 nitrogen and oxygen atoms in total. The van der Waals surface area contributed by atoms with Crippen molar-refractivity contribution in [2.75, 3.05) is 0 Å². The van der Waals surface area contributed by atoms with Crippen molar-refractivity contribution in [3.05, 3.63) is 70.2 Å². The third-order valence-electron chi connectivity index (χ3n) is 6.63. The van der Waals surface area contributed by atoms with Crippen LogP contribution in [-0.2, 0) is 13.5 Å². The highest BCUT2D eigenvalue weighted by Gasteiger charge is 2.29. The van der Waals surface area contributed by atoms with Crippen molar-refractivity contribution in [1.82, 2.24) is 4.98 Å². The first kappa shape index (κ1) is 14.5. The Kier molecular flexibility index (Phi) is 3.54. The maximum Gasteiger partial charge on any atom is 0.213 e. The molecule has 148 valence electrons. The second-order valence-electron chi connectivity index (χ2n) is 8.67. The molecule has 0 saturated heterocycles. The Morgan fingerprint density at radius 2 is 1.86 bits per heavy atom. The lowest BCUT2D eigenvalue weighted by molar-refractivity contribution is -0.660. The highest BCUT2D eigenvalue weighted by atomic mass is 14.9. The summed E-state index contributed by atoms with van der Waals surface area (Å²) in [6, 6.07) is 10.2. The Balaban J connectivity index is 1.71. The van der Waals surface area contributed by atoms with E-state index in [0.29, 0.717) is 12.0 Å². The van der Waals surface area contributed by atoms with Gasteiger partial charge >= 0.3 is 0 Å². The fourth-order valence-corrected chi connectivity index (χ4v) is 5.18. The molecule has 0 radical (unpaired) electrons. The molecule has 0 atom stereocenters. The normalized spacial score (nSPS) is 19.6. The average Bonchev–Trinajstić information content (AvgIpc) is 3.11. The molecule has 1 aromatic carbocycles. The summed E-state index contributed by atoms with van der Waals surface area (Å²) in [5.74, 6) is -0.525. The quantitative estimate of drug-likeness (QED) is 0.379. The lowest BCUT2D eigenvalue weighted by Gasteiger charge is -2.22. The Hall–Kier alpha value is -2.48. The fraction of sp³-hybridized carbons (Fsp3) is 0.407. The molecule has 2 heteroatoms. The van der Waals surface area contributed by atoms with Gasteiger partial charge in [-0.15, -0.1) is 0 Å². The molecule has 29 heavy (non-hydrogen) atoms. The molecule has 2 heterocycles. The minimum atomic E-state index is -2.19. The van der Waals surface area contributed by atoms with Crippen LogP contribution < -0.4 is 4.57 Å². The summed E-state index contributed by atoms with van der Waals surface area (Å²) in [6.07, 6.45) is 7.95. The van der Waals surface area contributed by atoms with Gasteiger partial charge < -0.3 is 0 Å². The molecule has 3 aromatic rings. The molecule has 0 spiro atoms. The van der Waals surface area contributed by atoms with Gasteiger partial charge in [0.05, 0.1) is 11.3 Å². The highest BCUT2D eigenvalue weighted by Crippen LogP contribution is 2.44. The summed E-state index contributed by atoms with van der Waals surface area (Å²) in [5, 5.41) is 0. The van der Waals surface area contributed by atoms with Gasteiger partial charge in [0.1, 0.15) is 7.05 Å². The molecular formula is C27H31N2+. The summed E-state index contributed by atoms with van der Waals surface area (Å²) in [5.41, 5.74) is 9.35. The first-order valence-corrected chi connectivity index (χ1v) is 10.7. The van der Waals surface area contributed by atoms with E-state index in [2.05, 4.69) is 42.0 Å². The van der Waals surface area contributed by atoms with Crippen LogP contribution in [0.15, 0.2) is 36.5 Å². The SMILES string of the molecule is [2H]C([2H])([2H])c1cc(C)nc2c1-c1ccc(C)c(-c3cc(C4([2H])CCCCC4)cc[n+]3C)c1C2. The number of aryl methyl sites for hydroxylation is 4. The summed E-state index contributed by atoms with van der Waals surface area (Å²) in [4.78, 5) is 4.74. The largest absolute Gasteiger partial charge is 0.257 e. The van der Waals surface area contributed by atoms with Gasteiger partial charge in [-0.3, -0.25) is 4.98 Å². The van der Waals surface area contributed by atoms with Crippen LogP contribution in [0.2, 0.25) is 0 Å². The minimum absolute atomic E-state index is 0.393.